The molecule has 0 bridgehead atoms. The van der Waals surface area contributed by atoms with Crippen LogP contribution in [0.3, 0.4) is 0 Å². The number of carbonyl (C=O) groups excluding carboxylic acids is 1. The second-order valence-corrected chi connectivity index (χ2v) is 16.8. The number of hydrogen-bond donors (Lipinski definition) is 0. The average molecular weight is 313 g/mol. The topological polar surface area (TPSA) is 17.1 Å². The second-order valence-electron chi connectivity index (χ2n) is 7.32. The molecule has 3 heteroatoms. The lowest BCUT2D eigenvalue weighted by Gasteiger charge is -2.06. The Morgan fingerprint density at radius 3 is 1.90 bits per heavy atom. The van der Waals surface area contributed by atoms with E-state index in [0.717, 1.165) is 11.1 Å². The van der Waals surface area contributed by atoms with Crippen LogP contribution in [0.4, 0.5) is 0 Å². The van der Waals surface area contributed by atoms with Crippen LogP contribution in [0.25, 0.3) is 0 Å². The van der Waals surface area contributed by atoms with E-state index in [1.807, 2.05) is 18.2 Å². The van der Waals surface area contributed by atoms with Gasteiger partial charge in [0.2, 0.25) is 0 Å². The zero-order valence-electron chi connectivity index (χ0n) is 14.1. The highest BCUT2D eigenvalue weighted by molar-refractivity contribution is 6.84. The van der Waals surface area contributed by atoms with Gasteiger partial charge in [0, 0.05) is 16.7 Å². The molecule has 0 aliphatic heterocycles. The average Bonchev–Trinajstić information content (AvgIpc) is 2.32. The molecule has 0 aromatic heterocycles. The maximum atomic E-state index is 11.7. The highest BCUT2D eigenvalue weighted by atomic mass is 28.3. The molecule has 0 N–H and O–H groups in total. The minimum atomic E-state index is -1.47. The molecule has 0 saturated heterocycles. The molecule has 1 nitrogen and oxygen atoms in total. The van der Waals surface area contributed by atoms with E-state index in [1.54, 1.807) is 6.92 Å². The molecule has 0 radical (unpaired) electrons. The molecule has 0 fully saturated rings. The van der Waals surface area contributed by atoms with Gasteiger partial charge in [0.05, 0.1) is 0 Å². The molecule has 0 saturated carbocycles. The molecule has 21 heavy (non-hydrogen) atoms. The summed E-state index contributed by atoms with van der Waals surface area (Å²) in [7, 11) is -2.86. The fourth-order valence-corrected chi connectivity index (χ4v) is 2.58. The molecule has 110 valence electrons. The fraction of sp³-hybridized carbons (Fsp3) is 0.389. The van der Waals surface area contributed by atoms with Crippen molar-refractivity contribution in [2.75, 3.05) is 0 Å². The second kappa shape index (κ2) is 6.47. The Morgan fingerprint density at radius 1 is 0.905 bits per heavy atom. The van der Waals surface area contributed by atoms with Crippen molar-refractivity contribution in [2.45, 2.75) is 46.2 Å². The van der Waals surface area contributed by atoms with Gasteiger partial charge in [0.15, 0.2) is 5.78 Å². The first-order valence-electron chi connectivity index (χ1n) is 7.19. The summed E-state index contributed by atoms with van der Waals surface area (Å²) >= 11 is 0. The molecular formula is C18H24OSi2. The van der Waals surface area contributed by atoms with Crippen LogP contribution in [0.15, 0.2) is 18.2 Å². The van der Waals surface area contributed by atoms with E-state index >= 15 is 0 Å². The van der Waals surface area contributed by atoms with Gasteiger partial charge in [-0.2, -0.15) is 0 Å². The molecule has 0 unspecified atom stereocenters. The maximum absolute atomic E-state index is 11.7. The van der Waals surface area contributed by atoms with Crippen LogP contribution in [0.1, 0.15) is 28.4 Å². The summed E-state index contributed by atoms with van der Waals surface area (Å²) in [6.45, 7) is 14.8. The van der Waals surface area contributed by atoms with E-state index < -0.39 is 16.1 Å². The van der Waals surface area contributed by atoms with Crippen LogP contribution in [-0.4, -0.2) is 21.9 Å². The van der Waals surface area contributed by atoms with Crippen molar-refractivity contribution in [3.8, 4) is 22.9 Å². The Kier molecular flexibility index (Phi) is 5.39. The Morgan fingerprint density at radius 2 is 1.43 bits per heavy atom. The third-order valence-corrected chi connectivity index (χ3v) is 4.30. The Hall–Kier alpha value is -1.56. The normalized spacial score (nSPS) is 11.0. The van der Waals surface area contributed by atoms with Crippen LogP contribution < -0.4 is 0 Å². The van der Waals surface area contributed by atoms with E-state index in [9.17, 15) is 4.79 Å². The molecule has 1 aromatic carbocycles. The monoisotopic (exact) mass is 312 g/mol. The summed E-state index contributed by atoms with van der Waals surface area (Å²) in [5, 5.41) is 0. The van der Waals surface area contributed by atoms with Crippen molar-refractivity contribution in [1.29, 1.82) is 0 Å². The molecular weight excluding hydrogens is 288 g/mol. The summed E-state index contributed by atoms with van der Waals surface area (Å²) in [6, 6.07) is 5.73. The van der Waals surface area contributed by atoms with Gasteiger partial charge in [0.1, 0.15) is 16.1 Å². The quantitative estimate of drug-likeness (QED) is 0.428. The number of hydrogen-bond acceptors (Lipinski definition) is 1. The highest BCUT2D eigenvalue weighted by Gasteiger charge is 2.11. The SMILES string of the molecule is CC(=O)c1ccc(C#C[Si](C)(C)C)cc1C#C[Si](C)(C)C. The van der Waals surface area contributed by atoms with E-state index in [1.165, 1.54) is 0 Å². The van der Waals surface area contributed by atoms with E-state index in [2.05, 4.69) is 62.2 Å². The third-order valence-electron chi connectivity index (χ3n) is 2.55. The van der Waals surface area contributed by atoms with Crippen LogP contribution >= 0.6 is 0 Å². The largest absolute Gasteiger partial charge is 0.294 e. The van der Waals surface area contributed by atoms with Crippen LogP contribution in [0, 0.1) is 22.9 Å². The third kappa shape index (κ3) is 6.62. The predicted octanol–water partition coefficient (Wildman–Crippen LogP) is 4.35. The molecule has 0 aliphatic rings. The number of Topliss-reactive ketones (excluding diaryl/α,β-unsaturated/α-hetero) is 1. The number of carbonyl (C=O) groups is 1. The van der Waals surface area contributed by atoms with Crippen LogP contribution in [0.5, 0.6) is 0 Å². The number of ketones is 1. The molecule has 1 rings (SSSR count). The maximum Gasteiger partial charge on any atom is 0.161 e. The minimum Gasteiger partial charge on any atom is -0.294 e. The van der Waals surface area contributed by atoms with Crippen molar-refractivity contribution in [1.82, 2.24) is 0 Å². The summed E-state index contributed by atoms with van der Waals surface area (Å²) < 4.78 is 0. The van der Waals surface area contributed by atoms with Gasteiger partial charge in [-0.05, 0) is 25.1 Å². The Labute approximate surface area is 131 Å². The lowest BCUT2D eigenvalue weighted by molar-refractivity contribution is 0.101. The Balaban J connectivity index is 3.33. The molecule has 0 heterocycles. The van der Waals surface area contributed by atoms with Crippen LogP contribution in [-0.2, 0) is 0 Å². The minimum absolute atomic E-state index is 0.0552. The van der Waals surface area contributed by atoms with Gasteiger partial charge in [-0.3, -0.25) is 4.79 Å². The summed E-state index contributed by atoms with van der Waals surface area (Å²) in [5.41, 5.74) is 9.13. The van der Waals surface area contributed by atoms with E-state index in [0.29, 0.717) is 5.56 Å². The lowest BCUT2D eigenvalue weighted by atomic mass is 10.0. The summed E-state index contributed by atoms with van der Waals surface area (Å²) in [4.78, 5) is 11.7. The van der Waals surface area contributed by atoms with Crippen molar-refractivity contribution in [3.63, 3.8) is 0 Å². The van der Waals surface area contributed by atoms with Gasteiger partial charge in [-0.1, -0.05) is 51.1 Å². The van der Waals surface area contributed by atoms with Gasteiger partial charge in [-0.15, -0.1) is 11.1 Å². The first-order valence-corrected chi connectivity index (χ1v) is 14.2. The molecule has 0 spiro atoms. The van der Waals surface area contributed by atoms with Crippen molar-refractivity contribution >= 4 is 21.9 Å². The molecule has 0 aliphatic carbocycles. The fourth-order valence-electron chi connectivity index (χ4n) is 1.55. The zero-order chi connectivity index (χ0) is 16.3. The van der Waals surface area contributed by atoms with Gasteiger partial charge < -0.3 is 0 Å². The molecule has 1 aromatic rings. The van der Waals surface area contributed by atoms with Gasteiger partial charge in [-0.25, -0.2) is 0 Å². The molecule has 0 atom stereocenters. The Bertz CT molecular complexity index is 666. The van der Waals surface area contributed by atoms with E-state index in [4.69, 9.17) is 0 Å². The number of benzene rings is 1. The lowest BCUT2D eigenvalue weighted by Crippen LogP contribution is -2.16. The zero-order valence-corrected chi connectivity index (χ0v) is 16.1. The summed E-state index contributed by atoms with van der Waals surface area (Å²) in [6.07, 6.45) is 0. The smallest absolute Gasteiger partial charge is 0.161 e. The highest BCUT2D eigenvalue weighted by Crippen LogP contribution is 2.13. The number of rotatable bonds is 1. The first kappa shape index (κ1) is 17.5. The first-order chi connectivity index (χ1) is 9.48. The van der Waals surface area contributed by atoms with Crippen molar-refractivity contribution in [3.05, 3.63) is 34.9 Å². The van der Waals surface area contributed by atoms with E-state index in [-0.39, 0.29) is 5.78 Å². The summed E-state index contributed by atoms with van der Waals surface area (Å²) in [5.74, 6) is 6.49. The standard InChI is InChI=1S/C18H24OSi2/c1-15(19)18-9-8-16(10-12-20(2,3)4)14-17(18)11-13-21(5,6)7/h8-9,14H,1-7H3. The van der Waals surface area contributed by atoms with Crippen molar-refractivity contribution < 1.29 is 4.79 Å². The van der Waals surface area contributed by atoms with Gasteiger partial charge >= 0.3 is 0 Å². The molecule has 0 amide bonds. The van der Waals surface area contributed by atoms with Crippen molar-refractivity contribution in [2.24, 2.45) is 0 Å². The predicted molar refractivity (Wildman–Crippen MR) is 96.9 cm³/mol. The van der Waals surface area contributed by atoms with Gasteiger partial charge in [0.25, 0.3) is 0 Å². The van der Waals surface area contributed by atoms with Crippen LogP contribution in [0.2, 0.25) is 39.3 Å².